The minimum Gasteiger partial charge on any atom is -0.477 e. The highest BCUT2D eigenvalue weighted by Crippen LogP contribution is 2.35. The Bertz CT molecular complexity index is 911. The molecule has 0 aliphatic heterocycles. The average Bonchev–Trinajstić information content (AvgIpc) is 3.04. The monoisotopic (exact) mass is 348 g/mol. The number of rotatable bonds is 4. The molecule has 23 heavy (non-hydrogen) atoms. The second kappa shape index (κ2) is 5.98. The van der Waals surface area contributed by atoms with Crippen LogP contribution in [-0.4, -0.2) is 20.5 Å². The topological polar surface area (TPSA) is 54.6 Å². The molecule has 4 nitrogen and oxygen atoms in total. The number of carboxylic acid groups (broad SMARTS) is 1. The summed E-state index contributed by atoms with van der Waals surface area (Å²) < 4.78 is 1.79. The summed E-state index contributed by atoms with van der Waals surface area (Å²) in [6.07, 6.45) is 1.42. The molecule has 0 spiro atoms. The molecule has 0 fully saturated rings. The van der Waals surface area contributed by atoms with Crippen molar-refractivity contribution in [2.45, 2.75) is 33.6 Å². The molecule has 0 saturated heterocycles. The Labute approximate surface area is 143 Å². The number of aromatic nitrogens is 2. The second-order valence-corrected chi connectivity index (χ2v) is 6.84. The quantitative estimate of drug-likeness (QED) is 0.733. The van der Waals surface area contributed by atoms with Crippen molar-refractivity contribution in [1.29, 1.82) is 0 Å². The highest BCUT2D eigenvalue weighted by Gasteiger charge is 2.24. The summed E-state index contributed by atoms with van der Waals surface area (Å²) in [5.74, 6) is -0.943. The first-order chi connectivity index (χ1) is 11.0. The summed E-state index contributed by atoms with van der Waals surface area (Å²) in [5.41, 5.74) is 3.74. The molecule has 3 aromatic rings. The van der Waals surface area contributed by atoms with Gasteiger partial charge in [0.15, 0.2) is 10.7 Å². The summed E-state index contributed by atoms with van der Waals surface area (Å²) in [4.78, 5) is 18.2. The second-order valence-electron chi connectivity index (χ2n) is 5.38. The van der Waals surface area contributed by atoms with E-state index in [0.717, 1.165) is 33.1 Å². The third-order valence-electron chi connectivity index (χ3n) is 3.91. The van der Waals surface area contributed by atoms with Gasteiger partial charge < -0.3 is 5.11 Å². The zero-order chi connectivity index (χ0) is 16.7. The Morgan fingerprint density at radius 3 is 2.65 bits per heavy atom. The van der Waals surface area contributed by atoms with Crippen molar-refractivity contribution in [3.63, 3.8) is 0 Å². The summed E-state index contributed by atoms with van der Waals surface area (Å²) in [6, 6.07) is 5.79. The third-order valence-corrected chi connectivity index (χ3v) is 5.52. The Morgan fingerprint density at radius 2 is 2.09 bits per heavy atom. The van der Waals surface area contributed by atoms with E-state index in [4.69, 9.17) is 11.6 Å². The number of hydrogen-bond donors (Lipinski definition) is 1. The van der Waals surface area contributed by atoms with E-state index in [0.29, 0.717) is 17.1 Å². The highest BCUT2D eigenvalue weighted by molar-refractivity contribution is 7.17. The van der Waals surface area contributed by atoms with Crippen molar-refractivity contribution in [2.24, 2.45) is 0 Å². The molecule has 2 heterocycles. The molecule has 1 aromatic carbocycles. The van der Waals surface area contributed by atoms with E-state index in [9.17, 15) is 9.90 Å². The molecule has 2 aromatic heterocycles. The van der Waals surface area contributed by atoms with Crippen LogP contribution in [0.5, 0.6) is 0 Å². The predicted octanol–water partition coefficient (Wildman–Crippen LogP) is 4.85. The fourth-order valence-electron chi connectivity index (χ4n) is 2.79. The van der Waals surface area contributed by atoms with Crippen LogP contribution in [0.1, 0.15) is 40.5 Å². The molecule has 1 N–H and O–H groups in total. The van der Waals surface area contributed by atoms with Crippen molar-refractivity contribution in [3.05, 3.63) is 45.1 Å². The van der Waals surface area contributed by atoms with Crippen molar-refractivity contribution < 1.29 is 9.90 Å². The average molecular weight is 349 g/mol. The van der Waals surface area contributed by atoms with E-state index in [-0.39, 0.29) is 5.69 Å². The van der Waals surface area contributed by atoms with Gasteiger partial charge in [-0.1, -0.05) is 31.5 Å². The van der Waals surface area contributed by atoms with E-state index in [1.54, 1.807) is 15.7 Å². The first-order valence-electron chi connectivity index (χ1n) is 7.50. The van der Waals surface area contributed by atoms with Gasteiger partial charge in [0, 0.05) is 15.5 Å². The van der Waals surface area contributed by atoms with Crippen molar-refractivity contribution >= 4 is 33.9 Å². The normalized spacial score (nSPS) is 11.3. The largest absolute Gasteiger partial charge is 0.477 e. The molecule has 0 radical (unpaired) electrons. The van der Waals surface area contributed by atoms with Crippen LogP contribution in [0.2, 0.25) is 5.02 Å². The van der Waals surface area contributed by atoms with Gasteiger partial charge >= 0.3 is 5.97 Å². The number of hydrogen-bond acceptors (Lipinski definition) is 3. The number of carboxylic acids is 1. The van der Waals surface area contributed by atoms with Crippen LogP contribution in [0.15, 0.2) is 18.2 Å². The number of nitrogens with zero attached hydrogens (tertiary/aromatic N) is 2. The molecule has 3 rings (SSSR count). The maximum Gasteiger partial charge on any atom is 0.354 e. The molecule has 120 valence electrons. The first-order valence-corrected chi connectivity index (χ1v) is 8.70. The zero-order valence-electron chi connectivity index (χ0n) is 13.2. The molecule has 0 amide bonds. The molecule has 0 bridgehead atoms. The Balaban J connectivity index is 2.39. The minimum atomic E-state index is -0.943. The lowest BCUT2D eigenvalue weighted by Crippen LogP contribution is -2.06. The lowest BCUT2D eigenvalue weighted by molar-refractivity contribution is 0.0688. The number of imidazole rings is 1. The van der Waals surface area contributed by atoms with Gasteiger partial charge in [-0.15, -0.1) is 11.3 Å². The van der Waals surface area contributed by atoms with Gasteiger partial charge in [0.25, 0.3) is 0 Å². The first kappa shape index (κ1) is 16.0. The SMILES string of the molecule is CCc1nc2sc(CC)c(-c3ccc(Cl)c(C)c3)n2c1C(=O)O. The van der Waals surface area contributed by atoms with E-state index >= 15 is 0 Å². The van der Waals surface area contributed by atoms with Crippen LogP contribution in [0.25, 0.3) is 16.2 Å². The summed E-state index contributed by atoms with van der Waals surface area (Å²) in [7, 11) is 0. The lowest BCUT2D eigenvalue weighted by Gasteiger charge is -2.08. The van der Waals surface area contributed by atoms with Crippen LogP contribution in [0.4, 0.5) is 0 Å². The van der Waals surface area contributed by atoms with Crippen molar-refractivity contribution in [2.75, 3.05) is 0 Å². The van der Waals surface area contributed by atoms with E-state index in [1.165, 1.54) is 0 Å². The van der Waals surface area contributed by atoms with Crippen LogP contribution in [-0.2, 0) is 12.8 Å². The van der Waals surface area contributed by atoms with Gasteiger partial charge in [-0.05, 0) is 37.5 Å². The fraction of sp³-hybridized carbons (Fsp3) is 0.294. The van der Waals surface area contributed by atoms with Crippen LogP contribution in [0, 0.1) is 6.92 Å². The number of benzene rings is 1. The number of aryl methyl sites for hydroxylation is 3. The standard InChI is InChI=1S/C17H17ClN2O2S/c1-4-12-15(16(21)22)20-14(13(5-2)23-17(20)19-12)10-6-7-11(18)9(3)8-10/h6-8H,4-5H2,1-3H3,(H,21,22). The van der Waals surface area contributed by atoms with E-state index in [2.05, 4.69) is 11.9 Å². The number of aromatic carboxylic acids is 1. The van der Waals surface area contributed by atoms with E-state index in [1.807, 2.05) is 32.0 Å². The molecule has 0 aliphatic rings. The Hall–Kier alpha value is -1.85. The van der Waals surface area contributed by atoms with Gasteiger partial charge in [0.2, 0.25) is 0 Å². The van der Waals surface area contributed by atoms with Crippen LogP contribution < -0.4 is 0 Å². The number of carbonyl (C=O) groups is 1. The minimum absolute atomic E-state index is 0.265. The van der Waals surface area contributed by atoms with E-state index < -0.39 is 5.97 Å². The van der Waals surface area contributed by atoms with Crippen molar-refractivity contribution in [3.8, 4) is 11.3 Å². The van der Waals surface area contributed by atoms with Gasteiger partial charge in [-0.2, -0.15) is 0 Å². The molecule has 0 atom stereocenters. The highest BCUT2D eigenvalue weighted by atomic mass is 35.5. The maximum atomic E-state index is 11.8. The third kappa shape index (κ3) is 2.54. The Kier molecular flexibility index (Phi) is 4.17. The Morgan fingerprint density at radius 1 is 1.35 bits per heavy atom. The lowest BCUT2D eigenvalue weighted by atomic mass is 10.1. The van der Waals surface area contributed by atoms with Crippen LogP contribution >= 0.6 is 22.9 Å². The van der Waals surface area contributed by atoms with Gasteiger partial charge in [0.05, 0.1) is 11.4 Å². The number of fused-ring (bicyclic) bond motifs is 1. The van der Waals surface area contributed by atoms with Gasteiger partial charge in [0.1, 0.15) is 0 Å². The summed E-state index contributed by atoms with van der Waals surface area (Å²) in [6.45, 7) is 5.94. The molecular weight excluding hydrogens is 332 g/mol. The predicted molar refractivity (Wildman–Crippen MR) is 94.0 cm³/mol. The number of halogens is 1. The van der Waals surface area contributed by atoms with Crippen LogP contribution in [0.3, 0.4) is 0 Å². The molecule has 0 saturated carbocycles. The summed E-state index contributed by atoms with van der Waals surface area (Å²) in [5, 5.41) is 10.4. The van der Waals surface area contributed by atoms with Gasteiger partial charge in [-0.3, -0.25) is 4.40 Å². The smallest absolute Gasteiger partial charge is 0.354 e. The van der Waals surface area contributed by atoms with Crippen molar-refractivity contribution in [1.82, 2.24) is 9.38 Å². The molecule has 6 heteroatoms. The summed E-state index contributed by atoms with van der Waals surface area (Å²) >= 11 is 7.68. The molecule has 0 aliphatic carbocycles. The number of thiazole rings is 1. The zero-order valence-corrected chi connectivity index (χ0v) is 14.8. The molecular formula is C17H17ClN2O2S. The maximum absolute atomic E-state index is 11.8. The fourth-order valence-corrected chi connectivity index (χ4v) is 4.01. The molecule has 0 unspecified atom stereocenters. The van der Waals surface area contributed by atoms with Gasteiger partial charge in [-0.25, -0.2) is 9.78 Å².